The van der Waals surface area contributed by atoms with Crippen LogP contribution in [0.3, 0.4) is 0 Å². The van der Waals surface area contributed by atoms with E-state index in [0.717, 1.165) is 25.7 Å². The number of nitrogens with two attached hydrogens (primary N) is 2. The molecule has 0 bridgehead atoms. The Morgan fingerprint density at radius 1 is 0.846 bits per heavy atom. The van der Waals surface area contributed by atoms with Crippen LogP contribution in [0.4, 0.5) is 0 Å². The SMILES string of the molecule is CCCCCCCC/C=C\CCCCCCCC(=O)C(N)(O)CN.O=C(O)CC(C(=O)O)S(=O)(=O)O.[H-].[H-].[H-].[Na+].[Na+].[Na+]. The van der Waals surface area contributed by atoms with E-state index in [1.165, 1.54) is 57.8 Å². The number of carbonyl (C=O) groups is 3. The summed E-state index contributed by atoms with van der Waals surface area (Å²) in [4.78, 5) is 31.6. The molecule has 0 heterocycles. The average Bonchev–Trinajstić information content (AvgIpc) is 2.79. The quantitative estimate of drug-likeness (QED) is 0.0237. The maximum absolute atomic E-state index is 11.6. The van der Waals surface area contributed by atoms with Crippen molar-refractivity contribution in [3.8, 4) is 0 Å². The molecule has 0 spiro atoms. The first-order chi connectivity index (χ1) is 16.8. The number of carboxylic acids is 2. The van der Waals surface area contributed by atoms with Crippen LogP contribution in [-0.2, 0) is 24.5 Å². The van der Waals surface area contributed by atoms with Gasteiger partial charge in [0.2, 0.25) is 0 Å². The number of hydrogen-bond donors (Lipinski definition) is 6. The van der Waals surface area contributed by atoms with Gasteiger partial charge in [-0.15, -0.1) is 0 Å². The van der Waals surface area contributed by atoms with E-state index in [-0.39, 0.29) is 105 Å². The first kappa shape index (κ1) is 49.8. The average molecular weight is 611 g/mol. The van der Waals surface area contributed by atoms with Crippen molar-refractivity contribution >= 4 is 27.8 Å². The summed E-state index contributed by atoms with van der Waals surface area (Å²) in [6.07, 6.45) is 19.7. The first-order valence-electron chi connectivity index (χ1n) is 12.6. The second-order valence-corrected chi connectivity index (χ2v) is 10.4. The van der Waals surface area contributed by atoms with E-state index >= 15 is 0 Å². The standard InChI is InChI=1S/C20H40N2O2.C4H6O7S.3Na.3H/c1-2-3-4-5-6-7-8-9-10-11-12-13-14-15-16-17-19(23)20(22,24)18-21;5-3(6)1-2(4(7)8)12(9,10)11;;;;;;/h9-10,24H,2-8,11-18,21-22H2,1H3;2H,1H2,(H,5,6)(H,7,8)(H,9,10,11);;;;;;/q;;3*+1;3*-1/b10-9-;;;;;;;. The van der Waals surface area contributed by atoms with Crippen LogP contribution in [0.1, 0.15) is 108 Å². The molecule has 39 heavy (non-hydrogen) atoms. The Hall–Kier alpha value is 1.14. The number of carboxylic acid groups (broad SMARTS) is 2. The van der Waals surface area contributed by atoms with Crippen molar-refractivity contribution in [1.29, 1.82) is 0 Å². The summed E-state index contributed by atoms with van der Waals surface area (Å²) in [5, 5.41) is 23.4. The second kappa shape index (κ2) is 30.6. The number of carbonyl (C=O) groups excluding carboxylic acids is 1. The van der Waals surface area contributed by atoms with Gasteiger partial charge in [0.1, 0.15) is 0 Å². The molecule has 0 fully saturated rings. The van der Waals surface area contributed by atoms with Crippen LogP contribution in [0.2, 0.25) is 0 Å². The molecular weight excluding hydrogens is 561 g/mol. The van der Waals surface area contributed by atoms with Gasteiger partial charge in [-0.25, -0.2) is 0 Å². The van der Waals surface area contributed by atoms with E-state index in [1.54, 1.807) is 0 Å². The largest absolute Gasteiger partial charge is 1.00 e. The maximum Gasteiger partial charge on any atom is 1.00 e. The van der Waals surface area contributed by atoms with Gasteiger partial charge in [0, 0.05) is 13.0 Å². The van der Waals surface area contributed by atoms with Gasteiger partial charge in [0.25, 0.3) is 10.1 Å². The summed E-state index contributed by atoms with van der Waals surface area (Å²) < 4.78 is 28.7. The molecule has 0 aromatic carbocycles. The van der Waals surface area contributed by atoms with E-state index in [2.05, 4.69) is 19.1 Å². The number of aliphatic hydroxyl groups is 1. The molecule has 0 aliphatic rings. The number of hydrogen-bond acceptors (Lipinski definition) is 8. The second-order valence-electron chi connectivity index (χ2n) is 8.83. The molecule has 2 atom stereocenters. The summed E-state index contributed by atoms with van der Waals surface area (Å²) in [6.45, 7) is 2.04. The summed E-state index contributed by atoms with van der Waals surface area (Å²) >= 11 is 0. The minimum absolute atomic E-state index is 0. The molecular formula is C24H49N2Na3O9S. The number of Topliss-reactive ketones (excluding diaryl/α,β-unsaturated/α-hetero) is 1. The van der Waals surface area contributed by atoms with Crippen molar-refractivity contribution in [2.75, 3.05) is 6.54 Å². The van der Waals surface area contributed by atoms with Gasteiger partial charge in [-0.1, -0.05) is 70.4 Å². The third-order valence-electron chi connectivity index (χ3n) is 5.45. The van der Waals surface area contributed by atoms with Crippen molar-refractivity contribution in [2.24, 2.45) is 11.5 Å². The molecule has 0 radical (unpaired) electrons. The van der Waals surface area contributed by atoms with E-state index in [1.807, 2.05) is 0 Å². The van der Waals surface area contributed by atoms with Crippen molar-refractivity contribution in [3.63, 3.8) is 0 Å². The van der Waals surface area contributed by atoms with Crippen LogP contribution in [-0.4, -0.2) is 63.5 Å². The summed E-state index contributed by atoms with van der Waals surface area (Å²) in [5.41, 5.74) is 8.82. The van der Waals surface area contributed by atoms with Crippen LogP contribution < -0.4 is 100 Å². The summed E-state index contributed by atoms with van der Waals surface area (Å²) in [6, 6.07) is 0. The molecule has 11 nitrogen and oxygen atoms in total. The Morgan fingerprint density at radius 2 is 1.26 bits per heavy atom. The molecule has 218 valence electrons. The van der Waals surface area contributed by atoms with E-state index in [9.17, 15) is 27.9 Å². The number of rotatable bonds is 21. The monoisotopic (exact) mass is 610 g/mol. The predicted octanol–water partition coefficient (Wildman–Crippen LogP) is -5.65. The van der Waals surface area contributed by atoms with Crippen molar-refractivity contribution in [3.05, 3.63) is 12.2 Å². The molecule has 0 aromatic heterocycles. The zero-order chi connectivity index (χ0) is 28.0. The molecule has 0 saturated carbocycles. The minimum Gasteiger partial charge on any atom is -1.00 e. The van der Waals surface area contributed by atoms with Crippen molar-refractivity contribution in [1.82, 2.24) is 0 Å². The molecule has 0 rings (SSSR count). The molecule has 0 aliphatic carbocycles. The minimum atomic E-state index is -4.84. The van der Waals surface area contributed by atoms with E-state index < -0.39 is 39.5 Å². The third-order valence-corrected chi connectivity index (χ3v) is 6.54. The van der Waals surface area contributed by atoms with Crippen LogP contribution in [0, 0.1) is 0 Å². The van der Waals surface area contributed by atoms with Gasteiger partial charge in [-0.05, 0) is 32.1 Å². The molecule has 15 heteroatoms. The predicted molar refractivity (Wildman–Crippen MR) is 141 cm³/mol. The Kier molecular flexibility index (Phi) is 39.1. The van der Waals surface area contributed by atoms with Crippen molar-refractivity contribution in [2.45, 2.75) is 114 Å². The molecule has 8 N–H and O–H groups in total. The zero-order valence-corrected chi connectivity index (χ0v) is 31.3. The van der Waals surface area contributed by atoms with Gasteiger partial charge in [0.05, 0.1) is 6.42 Å². The van der Waals surface area contributed by atoms with Gasteiger partial charge in [-0.3, -0.25) is 24.7 Å². The Morgan fingerprint density at radius 3 is 1.59 bits per heavy atom. The molecule has 0 amide bonds. The van der Waals surface area contributed by atoms with E-state index in [0.29, 0.717) is 6.42 Å². The maximum atomic E-state index is 11.6. The van der Waals surface area contributed by atoms with Gasteiger partial charge < -0.3 is 25.3 Å². The van der Waals surface area contributed by atoms with Gasteiger partial charge in [-0.2, -0.15) is 8.42 Å². The fourth-order valence-corrected chi connectivity index (χ4v) is 3.77. The Labute approximate surface area is 304 Å². The molecule has 0 aromatic rings. The Balaban J connectivity index is -0.0000000932. The fourth-order valence-electron chi connectivity index (χ4n) is 3.17. The van der Waals surface area contributed by atoms with Gasteiger partial charge in [0.15, 0.2) is 16.8 Å². The Bertz CT molecular complexity index is 784. The van der Waals surface area contributed by atoms with Crippen LogP contribution in [0.15, 0.2) is 12.2 Å². The van der Waals surface area contributed by atoms with Gasteiger partial charge >= 0.3 is 101 Å². The van der Waals surface area contributed by atoms with Crippen LogP contribution in [0.5, 0.6) is 0 Å². The van der Waals surface area contributed by atoms with Crippen LogP contribution in [0.25, 0.3) is 0 Å². The number of aliphatic carboxylic acids is 2. The van der Waals surface area contributed by atoms with E-state index in [4.69, 9.17) is 26.2 Å². The third kappa shape index (κ3) is 31.9. The number of allylic oxidation sites excluding steroid dienone is 2. The smallest absolute Gasteiger partial charge is 1.00 e. The van der Waals surface area contributed by atoms with Crippen LogP contribution >= 0.6 is 0 Å². The first-order valence-corrected chi connectivity index (χ1v) is 14.1. The zero-order valence-electron chi connectivity index (χ0n) is 27.4. The summed E-state index contributed by atoms with van der Waals surface area (Å²) in [5.74, 6) is -3.84. The molecule has 0 aliphatic heterocycles. The van der Waals surface area contributed by atoms with Crippen molar-refractivity contribution < 1.29 is 136 Å². The molecule has 0 saturated heterocycles. The summed E-state index contributed by atoms with van der Waals surface area (Å²) in [7, 11) is -4.84. The normalized spacial score (nSPS) is 12.9. The molecule has 2 unspecified atom stereocenters. The number of unbranched alkanes of at least 4 members (excludes halogenated alkanes) is 11. The fraction of sp³-hybridized carbons (Fsp3) is 0.792. The number of ketones is 1. The topological polar surface area (TPSA) is 218 Å².